The highest BCUT2D eigenvalue weighted by Crippen LogP contribution is 2.68. The molecule has 7 atom stereocenters. The maximum absolute atomic E-state index is 9.94. The molecule has 2 aliphatic heterocycles. The topological polar surface area (TPSA) is 47.9 Å². The van der Waals surface area contributed by atoms with E-state index in [1.165, 1.54) is 12.8 Å². The second-order valence-electron chi connectivity index (χ2n) is 10.9. The summed E-state index contributed by atoms with van der Waals surface area (Å²) in [5.74, 6) is 0.581. The van der Waals surface area contributed by atoms with E-state index in [1.54, 1.807) is 0 Å². The maximum Gasteiger partial charge on any atom is 0.163 e. The van der Waals surface area contributed by atoms with Gasteiger partial charge >= 0.3 is 0 Å². The van der Waals surface area contributed by atoms with Crippen molar-refractivity contribution in [1.82, 2.24) is 0 Å². The number of hydrogen-bond acceptors (Lipinski definition) is 4. The summed E-state index contributed by atoms with van der Waals surface area (Å²) in [7, 11) is 0. The van der Waals surface area contributed by atoms with Gasteiger partial charge in [0.15, 0.2) is 5.79 Å². The molecule has 4 heteroatoms. The van der Waals surface area contributed by atoms with Crippen LogP contribution in [0.3, 0.4) is 0 Å². The molecule has 0 aromatic carbocycles. The molecular formula is C22H38O4. The molecule has 4 aliphatic rings. The largest absolute Gasteiger partial charge is 0.393 e. The molecule has 0 radical (unpaired) electrons. The van der Waals surface area contributed by atoms with Crippen molar-refractivity contribution in [1.29, 1.82) is 0 Å². The van der Waals surface area contributed by atoms with Gasteiger partial charge in [0.25, 0.3) is 0 Å². The van der Waals surface area contributed by atoms with E-state index < -0.39 is 11.4 Å². The van der Waals surface area contributed by atoms with Gasteiger partial charge in [-0.05, 0) is 71.1 Å². The summed E-state index contributed by atoms with van der Waals surface area (Å²) >= 11 is 0. The van der Waals surface area contributed by atoms with Crippen LogP contribution in [0.25, 0.3) is 0 Å². The lowest BCUT2D eigenvalue weighted by atomic mass is 9.43. The van der Waals surface area contributed by atoms with Crippen molar-refractivity contribution in [3.05, 3.63) is 0 Å². The Morgan fingerprint density at radius 3 is 2.35 bits per heavy atom. The summed E-state index contributed by atoms with van der Waals surface area (Å²) < 4.78 is 19.4. The Kier molecular flexibility index (Phi) is 4.19. The van der Waals surface area contributed by atoms with Crippen molar-refractivity contribution in [2.75, 3.05) is 13.2 Å². The van der Waals surface area contributed by atoms with Crippen LogP contribution in [0, 0.1) is 22.7 Å². The minimum absolute atomic E-state index is 0.0389. The fourth-order valence-corrected chi connectivity index (χ4v) is 7.20. The van der Waals surface area contributed by atoms with Crippen LogP contribution in [0.1, 0.15) is 80.1 Å². The fourth-order valence-electron chi connectivity index (χ4n) is 7.20. The zero-order chi connectivity index (χ0) is 19.0. The number of rotatable bonds is 1. The maximum atomic E-state index is 9.94. The lowest BCUT2D eigenvalue weighted by Crippen LogP contribution is -2.68. The van der Waals surface area contributed by atoms with E-state index in [1.807, 2.05) is 13.8 Å². The van der Waals surface area contributed by atoms with Crippen molar-refractivity contribution in [3.63, 3.8) is 0 Å². The first-order valence-corrected chi connectivity index (χ1v) is 10.6. The summed E-state index contributed by atoms with van der Waals surface area (Å²) in [4.78, 5) is 0. The van der Waals surface area contributed by atoms with E-state index in [0.717, 1.165) is 32.3 Å². The number of fused-ring (bicyclic) bond motifs is 4. The molecule has 2 saturated carbocycles. The number of aliphatic hydroxyl groups is 1. The van der Waals surface area contributed by atoms with Gasteiger partial charge < -0.3 is 19.3 Å². The lowest BCUT2D eigenvalue weighted by Gasteiger charge is -2.67. The molecule has 2 aliphatic carbocycles. The van der Waals surface area contributed by atoms with Gasteiger partial charge in [0.05, 0.1) is 30.5 Å². The Bertz CT molecular complexity index is 576. The summed E-state index contributed by atoms with van der Waals surface area (Å²) in [5.41, 5.74) is -0.374. The van der Waals surface area contributed by atoms with E-state index in [2.05, 4.69) is 27.7 Å². The molecule has 0 bridgehead atoms. The van der Waals surface area contributed by atoms with Crippen LogP contribution in [-0.4, -0.2) is 41.4 Å². The molecule has 150 valence electrons. The molecule has 1 N–H and O–H groups in total. The van der Waals surface area contributed by atoms with Crippen LogP contribution in [-0.2, 0) is 14.2 Å². The summed E-state index contributed by atoms with van der Waals surface area (Å²) in [5, 5.41) is 9.94. The quantitative estimate of drug-likeness (QED) is 0.752. The molecule has 0 amide bonds. The van der Waals surface area contributed by atoms with Gasteiger partial charge in [-0.1, -0.05) is 20.8 Å². The average molecular weight is 367 g/mol. The van der Waals surface area contributed by atoms with Crippen LogP contribution in [0.5, 0.6) is 0 Å². The molecule has 4 rings (SSSR count). The molecule has 1 spiro atoms. The Hall–Kier alpha value is -0.160. The van der Waals surface area contributed by atoms with Crippen LogP contribution in [0.4, 0.5) is 0 Å². The third-order valence-electron chi connectivity index (χ3n) is 8.82. The van der Waals surface area contributed by atoms with E-state index in [0.29, 0.717) is 11.8 Å². The van der Waals surface area contributed by atoms with Crippen LogP contribution < -0.4 is 0 Å². The molecule has 0 aromatic rings. The third-order valence-corrected chi connectivity index (χ3v) is 8.82. The van der Waals surface area contributed by atoms with Gasteiger partial charge in [-0.3, -0.25) is 0 Å². The molecule has 2 saturated heterocycles. The average Bonchev–Trinajstić information content (AvgIpc) is 2.94. The van der Waals surface area contributed by atoms with Crippen LogP contribution >= 0.6 is 0 Å². The second-order valence-corrected chi connectivity index (χ2v) is 10.9. The molecule has 26 heavy (non-hydrogen) atoms. The standard InChI is InChI=1S/C22H38O4/c1-15-7-8-16-20(5)14-24-18(2,3)25-17(20)9-10-21(16,6)22(15)12-11-19(4,13-23)26-22/h15-17,23H,7-14H2,1-6H3/t15-,16-,17-,19-,20+,21+,22-/m1/s1. The SMILES string of the molecule is C[C@@H]1CC[C@@H]2[C@]3(C)COC(C)(C)O[C@@H]3CC[C@]2(C)[C@@]12CC[C@](C)(CO)O2. The van der Waals surface area contributed by atoms with Gasteiger partial charge in [0.2, 0.25) is 0 Å². The Morgan fingerprint density at radius 2 is 1.69 bits per heavy atom. The van der Waals surface area contributed by atoms with Crippen molar-refractivity contribution < 1.29 is 19.3 Å². The minimum Gasteiger partial charge on any atom is -0.393 e. The summed E-state index contributed by atoms with van der Waals surface area (Å²) in [6.07, 6.45) is 6.90. The highest BCUT2D eigenvalue weighted by molar-refractivity contribution is 5.17. The molecule has 0 unspecified atom stereocenters. The first-order valence-electron chi connectivity index (χ1n) is 10.6. The molecular weight excluding hydrogens is 328 g/mol. The molecule has 2 heterocycles. The third kappa shape index (κ3) is 2.41. The van der Waals surface area contributed by atoms with E-state index in [-0.39, 0.29) is 29.1 Å². The van der Waals surface area contributed by atoms with E-state index >= 15 is 0 Å². The predicted molar refractivity (Wildman–Crippen MR) is 101 cm³/mol. The first kappa shape index (κ1) is 19.2. The number of ether oxygens (including phenoxy) is 3. The van der Waals surface area contributed by atoms with Crippen molar-refractivity contribution in [3.8, 4) is 0 Å². The van der Waals surface area contributed by atoms with Crippen molar-refractivity contribution >= 4 is 0 Å². The summed E-state index contributed by atoms with van der Waals surface area (Å²) in [6.45, 7) is 14.3. The van der Waals surface area contributed by atoms with Gasteiger partial charge in [-0.15, -0.1) is 0 Å². The normalized spacial score (nSPS) is 56.2. The summed E-state index contributed by atoms with van der Waals surface area (Å²) in [6, 6.07) is 0. The Labute approximate surface area is 159 Å². The monoisotopic (exact) mass is 366 g/mol. The molecule has 4 fully saturated rings. The van der Waals surface area contributed by atoms with E-state index in [9.17, 15) is 5.11 Å². The Balaban J connectivity index is 1.71. The Morgan fingerprint density at radius 1 is 0.962 bits per heavy atom. The van der Waals surface area contributed by atoms with Crippen LogP contribution in [0.2, 0.25) is 0 Å². The number of aliphatic hydroxyl groups excluding tert-OH is 1. The fraction of sp³-hybridized carbons (Fsp3) is 1.00. The molecule has 0 aromatic heterocycles. The van der Waals surface area contributed by atoms with Crippen molar-refractivity contribution in [2.45, 2.75) is 103 Å². The molecule has 4 nitrogen and oxygen atoms in total. The second kappa shape index (κ2) is 5.68. The van der Waals surface area contributed by atoms with E-state index in [4.69, 9.17) is 14.2 Å². The van der Waals surface area contributed by atoms with Crippen LogP contribution in [0.15, 0.2) is 0 Å². The van der Waals surface area contributed by atoms with Gasteiger partial charge in [-0.25, -0.2) is 0 Å². The number of hydrogen-bond donors (Lipinski definition) is 1. The minimum atomic E-state index is -0.475. The predicted octanol–water partition coefficient (Wildman–Crippen LogP) is 4.29. The smallest absolute Gasteiger partial charge is 0.163 e. The zero-order valence-electron chi connectivity index (χ0n) is 17.6. The lowest BCUT2D eigenvalue weighted by molar-refractivity contribution is -0.358. The van der Waals surface area contributed by atoms with Crippen molar-refractivity contribution in [2.24, 2.45) is 22.7 Å². The highest BCUT2D eigenvalue weighted by Gasteiger charge is 2.69. The van der Waals surface area contributed by atoms with Gasteiger partial charge in [0, 0.05) is 10.8 Å². The van der Waals surface area contributed by atoms with Gasteiger partial charge in [-0.2, -0.15) is 0 Å². The highest BCUT2D eigenvalue weighted by atomic mass is 16.7. The zero-order valence-corrected chi connectivity index (χ0v) is 17.6. The van der Waals surface area contributed by atoms with Gasteiger partial charge in [0.1, 0.15) is 0 Å². The first-order chi connectivity index (χ1) is 12.0.